The van der Waals surface area contributed by atoms with E-state index in [1.807, 2.05) is 34.0 Å². The van der Waals surface area contributed by atoms with Crippen LogP contribution >= 0.6 is 0 Å². The third-order valence-corrected chi connectivity index (χ3v) is 6.76. The second-order valence-electron chi connectivity index (χ2n) is 8.78. The predicted octanol–water partition coefficient (Wildman–Crippen LogP) is 4.06. The van der Waals surface area contributed by atoms with Gasteiger partial charge in [0.1, 0.15) is 11.5 Å². The van der Waals surface area contributed by atoms with Crippen LogP contribution < -0.4 is 10.5 Å². The number of piperidine rings is 1. The van der Waals surface area contributed by atoms with Crippen LogP contribution in [-0.4, -0.2) is 45.3 Å². The number of amides is 1. The van der Waals surface area contributed by atoms with Crippen LogP contribution in [0.25, 0.3) is 33.4 Å². The van der Waals surface area contributed by atoms with Crippen LogP contribution in [-0.2, 0) is 11.2 Å². The zero-order valence-electron chi connectivity index (χ0n) is 18.5. The van der Waals surface area contributed by atoms with Crippen LogP contribution in [0, 0.1) is 0 Å². The Hall–Kier alpha value is -3.81. The van der Waals surface area contributed by atoms with Crippen LogP contribution in [0.4, 0.5) is 5.82 Å². The van der Waals surface area contributed by atoms with Gasteiger partial charge in [0, 0.05) is 60.9 Å². The number of anilines is 1. The van der Waals surface area contributed by atoms with Gasteiger partial charge in [-0.3, -0.25) is 9.48 Å². The predicted molar refractivity (Wildman–Crippen MR) is 125 cm³/mol. The van der Waals surface area contributed by atoms with Crippen molar-refractivity contribution in [3.05, 3.63) is 48.4 Å². The first-order valence-corrected chi connectivity index (χ1v) is 11.3. The number of rotatable bonds is 3. The smallest absolute Gasteiger partial charge is 0.219 e. The Morgan fingerprint density at radius 1 is 1.15 bits per heavy atom. The highest BCUT2D eigenvalue weighted by atomic mass is 16.5. The normalized spacial score (nSPS) is 16.2. The number of hydrogen-bond donors (Lipinski definition) is 1. The van der Waals surface area contributed by atoms with Crippen LogP contribution in [0.1, 0.15) is 31.4 Å². The van der Waals surface area contributed by atoms with Gasteiger partial charge in [0.15, 0.2) is 11.4 Å². The van der Waals surface area contributed by atoms with Crippen molar-refractivity contribution < 1.29 is 13.9 Å². The molecule has 33 heavy (non-hydrogen) atoms. The zero-order chi connectivity index (χ0) is 22.5. The number of aromatic nitrogens is 3. The first-order valence-electron chi connectivity index (χ1n) is 11.3. The number of carbonyl (C=O) groups is 1. The summed E-state index contributed by atoms with van der Waals surface area (Å²) < 4.78 is 13.8. The Kier molecular flexibility index (Phi) is 4.60. The van der Waals surface area contributed by atoms with E-state index in [4.69, 9.17) is 14.9 Å². The highest BCUT2D eigenvalue weighted by Crippen LogP contribution is 2.38. The topological polar surface area (TPSA) is 99.4 Å². The van der Waals surface area contributed by atoms with Gasteiger partial charge in [-0.1, -0.05) is 0 Å². The maximum Gasteiger partial charge on any atom is 0.219 e. The molecule has 5 heterocycles. The molecule has 2 aliphatic heterocycles. The third kappa shape index (κ3) is 3.42. The molecule has 168 valence electrons. The number of nitrogen functional groups attached to an aromatic ring is 1. The molecule has 8 nitrogen and oxygen atoms in total. The zero-order valence-corrected chi connectivity index (χ0v) is 18.5. The molecule has 0 aliphatic carbocycles. The van der Waals surface area contributed by atoms with E-state index < -0.39 is 0 Å². The third-order valence-electron chi connectivity index (χ3n) is 6.76. The summed E-state index contributed by atoms with van der Waals surface area (Å²) in [5, 5.41) is 5.55. The quantitative estimate of drug-likeness (QED) is 0.513. The molecule has 1 aromatic carbocycles. The summed E-state index contributed by atoms with van der Waals surface area (Å²) >= 11 is 0. The second-order valence-corrected chi connectivity index (χ2v) is 8.78. The molecule has 2 N–H and O–H groups in total. The van der Waals surface area contributed by atoms with E-state index in [1.54, 1.807) is 13.1 Å². The summed E-state index contributed by atoms with van der Waals surface area (Å²) in [6.07, 6.45) is 8.40. The van der Waals surface area contributed by atoms with E-state index in [0.717, 1.165) is 72.5 Å². The van der Waals surface area contributed by atoms with E-state index >= 15 is 0 Å². The molecule has 1 amide bonds. The lowest BCUT2D eigenvalue weighted by Crippen LogP contribution is -2.37. The van der Waals surface area contributed by atoms with Gasteiger partial charge in [-0.15, -0.1) is 0 Å². The lowest BCUT2D eigenvalue weighted by Gasteiger charge is -2.31. The summed E-state index contributed by atoms with van der Waals surface area (Å²) in [6.45, 7) is 3.87. The summed E-state index contributed by atoms with van der Waals surface area (Å²) in [5.41, 5.74) is 10.8. The lowest BCUT2D eigenvalue weighted by molar-refractivity contribution is -0.130. The van der Waals surface area contributed by atoms with E-state index in [0.29, 0.717) is 11.4 Å². The van der Waals surface area contributed by atoms with Crippen molar-refractivity contribution in [3.8, 4) is 28.2 Å². The number of hydrogen-bond acceptors (Lipinski definition) is 6. The second kappa shape index (κ2) is 7.65. The molecule has 3 aromatic heterocycles. The standard InChI is InChI=1S/C25H25N5O3/c1-15(31)29-7-4-19(5-8-29)30-14-18(12-28-30)21-13-27-25(26)24-20(21)11-23(33-24)16-2-3-22-17(10-16)6-9-32-22/h2-3,10-14,19H,4-9H2,1H3,(H2,26,27). The van der Waals surface area contributed by atoms with E-state index in [-0.39, 0.29) is 11.9 Å². The fourth-order valence-corrected chi connectivity index (χ4v) is 4.88. The highest BCUT2D eigenvalue weighted by molar-refractivity contribution is 6.00. The van der Waals surface area contributed by atoms with Crippen LogP contribution in [0.5, 0.6) is 5.75 Å². The number of carbonyl (C=O) groups excluding carboxylic acids is 1. The number of benzene rings is 1. The summed E-state index contributed by atoms with van der Waals surface area (Å²) in [4.78, 5) is 17.9. The fraction of sp³-hybridized carbons (Fsp3) is 0.320. The van der Waals surface area contributed by atoms with Gasteiger partial charge in [-0.05, 0) is 42.7 Å². The first-order chi connectivity index (χ1) is 16.1. The monoisotopic (exact) mass is 443 g/mol. The molecule has 4 aromatic rings. The van der Waals surface area contributed by atoms with Gasteiger partial charge in [-0.25, -0.2) is 4.98 Å². The number of pyridine rings is 1. The minimum atomic E-state index is 0.136. The Bertz CT molecular complexity index is 1360. The molecular weight excluding hydrogens is 418 g/mol. The van der Waals surface area contributed by atoms with Crippen molar-refractivity contribution in [2.45, 2.75) is 32.2 Å². The van der Waals surface area contributed by atoms with Crippen molar-refractivity contribution in [2.24, 2.45) is 0 Å². The van der Waals surface area contributed by atoms with E-state index in [2.05, 4.69) is 22.3 Å². The molecule has 1 fully saturated rings. The summed E-state index contributed by atoms with van der Waals surface area (Å²) in [7, 11) is 0. The molecule has 0 atom stereocenters. The molecule has 0 bridgehead atoms. The van der Waals surface area contributed by atoms with Crippen molar-refractivity contribution in [3.63, 3.8) is 0 Å². The van der Waals surface area contributed by atoms with Crippen molar-refractivity contribution in [1.82, 2.24) is 19.7 Å². The van der Waals surface area contributed by atoms with Crippen molar-refractivity contribution >= 4 is 22.7 Å². The Balaban J connectivity index is 1.33. The number of nitrogens with zero attached hydrogens (tertiary/aromatic N) is 4. The Morgan fingerprint density at radius 2 is 2.00 bits per heavy atom. The van der Waals surface area contributed by atoms with Gasteiger partial charge in [0.2, 0.25) is 5.91 Å². The van der Waals surface area contributed by atoms with Gasteiger partial charge >= 0.3 is 0 Å². The molecule has 0 saturated carbocycles. The van der Waals surface area contributed by atoms with Crippen molar-refractivity contribution in [1.29, 1.82) is 0 Å². The number of ether oxygens (including phenoxy) is 1. The molecule has 0 radical (unpaired) electrons. The Morgan fingerprint density at radius 3 is 2.82 bits per heavy atom. The molecular formula is C25H25N5O3. The molecule has 0 unspecified atom stereocenters. The van der Waals surface area contributed by atoms with Crippen LogP contribution in [0.2, 0.25) is 0 Å². The Labute approximate surface area is 190 Å². The van der Waals surface area contributed by atoms with Gasteiger partial charge < -0.3 is 19.8 Å². The maximum absolute atomic E-state index is 11.6. The minimum Gasteiger partial charge on any atom is -0.493 e. The number of fused-ring (bicyclic) bond motifs is 2. The largest absolute Gasteiger partial charge is 0.493 e. The van der Waals surface area contributed by atoms with Crippen molar-refractivity contribution in [2.75, 3.05) is 25.4 Å². The molecule has 0 spiro atoms. The molecule has 2 aliphatic rings. The summed E-state index contributed by atoms with van der Waals surface area (Å²) in [5.74, 6) is 2.20. The number of nitrogens with two attached hydrogens (primary N) is 1. The maximum atomic E-state index is 11.6. The van der Waals surface area contributed by atoms with Crippen LogP contribution in [0.15, 0.2) is 47.3 Å². The van der Waals surface area contributed by atoms with E-state index in [9.17, 15) is 4.79 Å². The van der Waals surface area contributed by atoms with Gasteiger partial charge in [0.05, 0.1) is 18.8 Å². The van der Waals surface area contributed by atoms with Gasteiger partial charge in [-0.2, -0.15) is 5.10 Å². The number of furan rings is 1. The summed E-state index contributed by atoms with van der Waals surface area (Å²) in [6, 6.07) is 8.43. The average molecular weight is 444 g/mol. The fourth-order valence-electron chi connectivity index (χ4n) is 4.88. The first kappa shape index (κ1) is 19.8. The lowest BCUT2D eigenvalue weighted by atomic mass is 10.0. The average Bonchev–Trinajstić information content (AvgIpc) is 3.58. The molecule has 6 rings (SSSR count). The molecule has 1 saturated heterocycles. The highest BCUT2D eigenvalue weighted by Gasteiger charge is 2.23. The minimum absolute atomic E-state index is 0.136. The number of likely N-dealkylation sites (tertiary alicyclic amines) is 1. The SMILES string of the molecule is CC(=O)N1CCC(n2cc(-c3cnc(N)c4oc(-c5ccc6c(c5)CCO6)cc34)cn2)CC1. The van der Waals surface area contributed by atoms with Crippen LogP contribution in [0.3, 0.4) is 0 Å². The van der Waals surface area contributed by atoms with E-state index in [1.165, 1.54) is 5.56 Å². The van der Waals surface area contributed by atoms with Gasteiger partial charge in [0.25, 0.3) is 0 Å². The molecule has 8 heteroatoms.